The third-order valence-electron chi connectivity index (χ3n) is 4.65. The maximum absolute atomic E-state index is 12.0. The number of rotatable bonds is 4. The standard InChI is InChI=1S/C13H18O5/c14-6-11(15)17-7-18-13-3-8-1-9(4-13)12(16)10(2-8)5-13/h8-10,14H,1-7H2. The van der Waals surface area contributed by atoms with Gasteiger partial charge in [0.25, 0.3) is 0 Å². The molecule has 0 heterocycles. The number of ketones is 1. The van der Waals surface area contributed by atoms with Crippen molar-refractivity contribution >= 4 is 11.8 Å². The van der Waals surface area contributed by atoms with Gasteiger partial charge >= 0.3 is 5.97 Å². The molecule has 4 bridgehead atoms. The lowest BCUT2D eigenvalue weighted by Crippen LogP contribution is -2.56. The zero-order chi connectivity index (χ0) is 12.8. The average molecular weight is 254 g/mol. The lowest BCUT2D eigenvalue weighted by molar-refractivity contribution is -0.210. The molecule has 4 fully saturated rings. The van der Waals surface area contributed by atoms with Crippen LogP contribution in [-0.4, -0.2) is 35.9 Å². The van der Waals surface area contributed by atoms with Crippen LogP contribution in [0.1, 0.15) is 32.1 Å². The fourth-order valence-corrected chi connectivity index (χ4v) is 4.12. The minimum absolute atomic E-state index is 0.111. The minimum Gasteiger partial charge on any atom is -0.437 e. The van der Waals surface area contributed by atoms with Crippen molar-refractivity contribution in [3.63, 3.8) is 0 Å². The average Bonchev–Trinajstić information content (AvgIpc) is 2.34. The summed E-state index contributed by atoms with van der Waals surface area (Å²) in [5.41, 5.74) is -0.264. The monoisotopic (exact) mass is 254 g/mol. The summed E-state index contributed by atoms with van der Waals surface area (Å²) in [4.78, 5) is 22.8. The van der Waals surface area contributed by atoms with Gasteiger partial charge in [-0.3, -0.25) is 4.79 Å². The van der Waals surface area contributed by atoms with E-state index in [1.165, 1.54) is 0 Å². The van der Waals surface area contributed by atoms with Gasteiger partial charge in [-0.25, -0.2) is 4.79 Å². The van der Waals surface area contributed by atoms with Gasteiger partial charge in [-0.05, 0) is 38.0 Å². The molecule has 0 aromatic heterocycles. The number of Topliss-reactive ketones (excluding diaryl/α,β-unsaturated/α-hetero) is 1. The van der Waals surface area contributed by atoms with E-state index in [4.69, 9.17) is 14.6 Å². The molecule has 5 heteroatoms. The molecule has 0 amide bonds. The Hall–Kier alpha value is -0.940. The van der Waals surface area contributed by atoms with E-state index in [9.17, 15) is 9.59 Å². The van der Waals surface area contributed by atoms with Crippen LogP contribution in [0.2, 0.25) is 0 Å². The van der Waals surface area contributed by atoms with Gasteiger partial charge in [-0.15, -0.1) is 0 Å². The Morgan fingerprint density at radius 2 is 1.94 bits per heavy atom. The van der Waals surface area contributed by atoms with E-state index in [-0.39, 0.29) is 24.2 Å². The SMILES string of the molecule is O=C(CO)OCOC12CC3CC(C1)C(=O)C(C3)C2. The molecule has 0 radical (unpaired) electrons. The second-order valence-electron chi connectivity index (χ2n) is 5.87. The summed E-state index contributed by atoms with van der Waals surface area (Å²) in [6, 6.07) is 0. The number of hydrogen-bond acceptors (Lipinski definition) is 5. The molecule has 100 valence electrons. The first-order chi connectivity index (χ1) is 8.62. The highest BCUT2D eigenvalue weighted by atomic mass is 16.7. The van der Waals surface area contributed by atoms with E-state index in [2.05, 4.69) is 0 Å². The van der Waals surface area contributed by atoms with E-state index in [0.717, 1.165) is 32.1 Å². The van der Waals surface area contributed by atoms with E-state index in [1.54, 1.807) is 0 Å². The van der Waals surface area contributed by atoms with Gasteiger partial charge in [0.1, 0.15) is 12.4 Å². The third kappa shape index (κ3) is 1.95. The predicted octanol–water partition coefficient (Wildman–Crippen LogP) is 0.644. The summed E-state index contributed by atoms with van der Waals surface area (Å²) in [5, 5.41) is 8.56. The summed E-state index contributed by atoms with van der Waals surface area (Å²) < 4.78 is 10.5. The first-order valence-corrected chi connectivity index (χ1v) is 6.56. The molecular formula is C13H18O5. The molecule has 5 nitrogen and oxygen atoms in total. The first kappa shape index (κ1) is 12.1. The number of carbonyl (C=O) groups excluding carboxylic acids is 2. The van der Waals surface area contributed by atoms with Crippen molar-refractivity contribution in [3.05, 3.63) is 0 Å². The fourth-order valence-electron chi connectivity index (χ4n) is 4.12. The van der Waals surface area contributed by atoms with Crippen molar-refractivity contribution < 1.29 is 24.2 Å². The summed E-state index contributed by atoms with van der Waals surface area (Å²) >= 11 is 0. The molecule has 4 saturated carbocycles. The highest BCUT2D eigenvalue weighted by Gasteiger charge is 2.55. The normalized spacial score (nSPS) is 41.2. The van der Waals surface area contributed by atoms with Crippen molar-refractivity contribution in [2.24, 2.45) is 17.8 Å². The van der Waals surface area contributed by atoms with Crippen LogP contribution in [-0.2, 0) is 19.1 Å². The topological polar surface area (TPSA) is 72.8 Å². The Kier molecular flexibility index (Phi) is 2.90. The van der Waals surface area contributed by atoms with Gasteiger partial charge in [0.05, 0.1) is 5.60 Å². The Balaban J connectivity index is 1.62. The molecule has 1 N–H and O–H groups in total. The van der Waals surface area contributed by atoms with Gasteiger partial charge in [0, 0.05) is 11.8 Å². The van der Waals surface area contributed by atoms with Crippen LogP contribution in [0.25, 0.3) is 0 Å². The van der Waals surface area contributed by atoms with E-state index < -0.39 is 12.6 Å². The lowest BCUT2D eigenvalue weighted by Gasteiger charge is -2.54. The molecule has 0 aliphatic heterocycles. The van der Waals surface area contributed by atoms with Crippen LogP contribution < -0.4 is 0 Å². The van der Waals surface area contributed by atoms with Gasteiger partial charge in [-0.1, -0.05) is 0 Å². The number of hydrogen-bond donors (Lipinski definition) is 1. The Bertz CT molecular complexity index is 360. The number of aliphatic hydroxyl groups excluding tert-OH is 1. The molecular weight excluding hydrogens is 236 g/mol. The van der Waals surface area contributed by atoms with Crippen LogP contribution in [0.15, 0.2) is 0 Å². The molecule has 0 aromatic rings. The van der Waals surface area contributed by atoms with Crippen LogP contribution >= 0.6 is 0 Å². The smallest absolute Gasteiger partial charge is 0.333 e. The Labute approximate surface area is 105 Å². The molecule has 18 heavy (non-hydrogen) atoms. The van der Waals surface area contributed by atoms with Crippen molar-refractivity contribution in [2.45, 2.75) is 37.7 Å². The quantitative estimate of drug-likeness (QED) is 0.589. The highest BCUT2D eigenvalue weighted by Crippen LogP contribution is 2.55. The van der Waals surface area contributed by atoms with Crippen LogP contribution in [0.4, 0.5) is 0 Å². The molecule has 0 aromatic carbocycles. The molecule has 4 rings (SSSR count). The maximum Gasteiger partial charge on any atom is 0.333 e. The van der Waals surface area contributed by atoms with Crippen molar-refractivity contribution in [1.82, 2.24) is 0 Å². The number of carbonyl (C=O) groups is 2. The predicted molar refractivity (Wildman–Crippen MR) is 60.4 cm³/mol. The van der Waals surface area contributed by atoms with Crippen LogP contribution in [0, 0.1) is 17.8 Å². The van der Waals surface area contributed by atoms with Crippen LogP contribution in [0.5, 0.6) is 0 Å². The summed E-state index contributed by atoms with van der Waals surface area (Å²) in [6.07, 6.45) is 4.54. The molecule has 0 saturated heterocycles. The van der Waals surface area contributed by atoms with Crippen LogP contribution in [0.3, 0.4) is 0 Å². The molecule has 4 aliphatic rings. The minimum atomic E-state index is -0.671. The Morgan fingerprint density at radius 3 is 2.56 bits per heavy atom. The molecule has 2 atom stereocenters. The highest BCUT2D eigenvalue weighted by molar-refractivity contribution is 5.85. The van der Waals surface area contributed by atoms with Gasteiger partial charge in [0.2, 0.25) is 0 Å². The van der Waals surface area contributed by atoms with Gasteiger partial charge in [0.15, 0.2) is 6.79 Å². The second-order valence-corrected chi connectivity index (χ2v) is 5.87. The molecule has 0 spiro atoms. The van der Waals surface area contributed by atoms with Crippen molar-refractivity contribution in [2.75, 3.05) is 13.4 Å². The number of ether oxygens (including phenoxy) is 2. The first-order valence-electron chi connectivity index (χ1n) is 6.56. The summed E-state index contributed by atoms with van der Waals surface area (Å²) in [7, 11) is 0. The molecule has 2 unspecified atom stereocenters. The van der Waals surface area contributed by atoms with E-state index in [1.807, 2.05) is 0 Å². The van der Waals surface area contributed by atoms with Gasteiger partial charge in [-0.2, -0.15) is 0 Å². The zero-order valence-corrected chi connectivity index (χ0v) is 10.3. The lowest BCUT2D eigenvalue weighted by atomic mass is 9.53. The van der Waals surface area contributed by atoms with Gasteiger partial charge < -0.3 is 14.6 Å². The summed E-state index contributed by atoms with van der Waals surface area (Å²) in [6.45, 7) is -0.734. The van der Waals surface area contributed by atoms with E-state index >= 15 is 0 Å². The molecule has 4 aliphatic carbocycles. The van der Waals surface area contributed by atoms with Crippen molar-refractivity contribution in [1.29, 1.82) is 0 Å². The maximum atomic E-state index is 12.0. The van der Waals surface area contributed by atoms with E-state index in [0.29, 0.717) is 11.7 Å². The number of esters is 1. The second kappa shape index (κ2) is 4.31. The van der Waals surface area contributed by atoms with Crippen molar-refractivity contribution in [3.8, 4) is 0 Å². The fraction of sp³-hybridized carbons (Fsp3) is 0.846. The number of aliphatic hydroxyl groups is 1. The summed E-state index contributed by atoms with van der Waals surface area (Å²) in [5.74, 6) is 0.650. The zero-order valence-electron chi connectivity index (χ0n) is 10.3. The largest absolute Gasteiger partial charge is 0.437 e. The third-order valence-corrected chi connectivity index (χ3v) is 4.65. The Morgan fingerprint density at radius 1 is 1.28 bits per heavy atom.